The van der Waals surface area contributed by atoms with Crippen molar-refractivity contribution in [1.29, 1.82) is 0 Å². The highest BCUT2D eigenvalue weighted by molar-refractivity contribution is 5.82. The van der Waals surface area contributed by atoms with Gasteiger partial charge in [0.2, 0.25) is 0 Å². The lowest BCUT2D eigenvalue weighted by Gasteiger charge is -2.16. The number of rotatable bonds is 4. The first kappa shape index (κ1) is 16.5. The lowest BCUT2D eigenvalue weighted by Crippen LogP contribution is -2.10. The lowest BCUT2D eigenvalue weighted by molar-refractivity contribution is -0.144. The highest BCUT2D eigenvalue weighted by atomic mass is 19.1. The molecule has 132 valence electrons. The number of ether oxygens (including phenoxy) is 1. The van der Waals surface area contributed by atoms with E-state index < -0.39 is 0 Å². The first-order chi connectivity index (χ1) is 12.1. The third-order valence-electron chi connectivity index (χ3n) is 6.05. The van der Waals surface area contributed by atoms with Gasteiger partial charge in [-0.1, -0.05) is 0 Å². The minimum absolute atomic E-state index is 0.0559. The van der Waals surface area contributed by atoms with Gasteiger partial charge in [0.1, 0.15) is 5.82 Å². The van der Waals surface area contributed by atoms with Gasteiger partial charge in [-0.05, 0) is 86.1 Å². The molecule has 1 heterocycles. The molecule has 3 nitrogen and oxygen atoms in total. The van der Waals surface area contributed by atoms with Crippen molar-refractivity contribution in [2.24, 2.45) is 17.8 Å². The van der Waals surface area contributed by atoms with Crippen LogP contribution in [0.15, 0.2) is 30.5 Å². The minimum Gasteiger partial charge on any atom is -0.466 e. The number of fused-ring (bicyclic) bond motifs is 2. The molecule has 0 radical (unpaired) electrons. The number of carbonyl (C=O) groups excluding carboxylic acids is 1. The van der Waals surface area contributed by atoms with Crippen molar-refractivity contribution >= 4 is 16.9 Å². The lowest BCUT2D eigenvalue weighted by atomic mass is 9.90. The highest BCUT2D eigenvalue weighted by Crippen LogP contribution is 2.53. The summed E-state index contributed by atoms with van der Waals surface area (Å²) in [6, 6.07) is 6.92. The Bertz CT molecular complexity index is 777. The van der Waals surface area contributed by atoms with Gasteiger partial charge in [0, 0.05) is 18.0 Å². The number of esters is 1. The number of carbonyl (C=O) groups is 1. The Morgan fingerprint density at radius 1 is 1.20 bits per heavy atom. The summed E-state index contributed by atoms with van der Waals surface area (Å²) < 4.78 is 18.8. The predicted molar refractivity (Wildman–Crippen MR) is 94.6 cm³/mol. The molecule has 4 rings (SSSR count). The van der Waals surface area contributed by atoms with E-state index >= 15 is 0 Å². The SMILES string of the molecule is CCOC(=O)C[C@@H]1CC2CC(c3ccnc4ccc(F)cc34)C[C@@H]2C1. The Kier molecular flexibility index (Phi) is 4.45. The van der Waals surface area contributed by atoms with E-state index in [1.54, 1.807) is 12.1 Å². The summed E-state index contributed by atoms with van der Waals surface area (Å²) in [6.07, 6.45) is 6.93. The fourth-order valence-corrected chi connectivity index (χ4v) is 5.11. The van der Waals surface area contributed by atoms with Crippen molar-refractivity contribution in [3.8, 4) is 0 Å². The maximum absolute atomic E-state index is 13.7. The van der Waals surface area contributed by atoms with Crippen LogP contribution in [0, 0.1) is 23.6 Å². The normalized spacial score (nSPS) is 28.2. The molecule has 0 N–H and O–H groups in total. The molecule has 4 heteroatoms. The van der Waals surface area contributed by atoms with Gasteiger partial charge in [-0.25, -0.2) is 4.39 Å². The summed E-state index contributed by atoms with van der Waals surface area (Å²) in [5, 5.41) is 0.954. The zero-order valence-corrected chi connectivity index (χ0v) is 14.6. The van der Waals surface area contributed by atoms with E-state index in [4.69, 9.17) is 4.74 Å². The number of hydrogen-bond donors (Lipinski definition) is 0. The zero-order chi connectivity index (χ0) is 17.4. The van der Waals surface area contributed by atoms with Gasteiger partial charge in [-0.3, -0.25) is 9.78 Å². The van der Waals surface area contributed by atoms with E-state index in [0.29, 0.717) is 36.7 Å². The standard InChI is InChI=1S/C21H24FNO2/c1-2-25-21(24)9-13-7-14-10-16(11-15(14)8-13)18-5-6-23-20-4-3-17(22)12-19(18)20/h3-6,12-16H,2,7-11H2,1H3/t13-,14-,15?,16?/m0/s1. The molecular weight excluding hydrogens is 317 g/mol. The molecule has 0 saturated heterocycles. The van der Waals surface area contributed by atoms with Crippen LogP contribution in [0.1, 0.15) is 50.5 Å². The first-order valence-corrected chi connectivity index (χ1v) is 9.33. The topological polar surface area (TPSA) is 39.2 Å². The molecule has 2 aliphatic carbocycles. The molecular formula is C21H24FNO2. The largest absolute Gasteiger partial charge is 0.466 e. The number of pyridine rings is 1. The molecule has 0 spiro atoms. The summed E-state index contributed by atoms with van der Waals surface area (Å²) in [5.41, 5.74) is 2.11. The summed E-state index contributed by atoms with van der Waals surface area (Å²) in [5.74, 6) is 2.06. The molecule has 2 aliphatic rings. The Labute approximate surface area is 147 Å². The van der Waals surface area contributed by atoms with Gasteiger partial charge in [-0.2, -0.15) is 0 Å². The summed E-state index contributed by atoms with van der Waals surface area (Å²) >= 11 is 0. The Balaban J connectivity index is 1.47. The molecule has 2 unspecified atom stereocenters. The van der Waals surface area contributed by atoms with Gasteiger partial charge >= 0.3 is 5.97 Å². The number of halogens is 1. The summed E-state index contributed by atoms with van der Waals surface area (Å²) in [7, 11) is 0. The van der Waals surface area contributed by atoms with Crippen LogP contribution < -0.4 is 0 Å². The van der Waals surface area contributed by atoms with Crippen molar-refractivity contribution < 1.29 is 13.9 Å². The number of benzene rings is 1. The van der Waals surface area contributed by atoms with E-state index in [1.165, 1.54) is 11.6 Å². The van der Waals surface area contributed by atoms with Crippen molar-refractivity contribution in [1.82, 2.24) is 4.98 Å². The summed E-state index contributed by atoms with van der Waals surface area (Å²) in [6.45, 7) is 2.32. The van der Waals surface area contributed by atoms with E-state index in [1.807, 2.05) is 13.1 Å². The first-order valence-electron chi connectivity index (χ1n) is 9.33. The highest BCUT2D eigenvalue weighted by Gasteiger charge is 2.42. The maximum Gasteiger partial charge on any atom is 0.306 e. The average molecular weight is 341 g/mol. The fraction of sp³-hybridized carbons (Fsp3) is 0.524. The Hall–Kier alpha value is -1.97. The second kappa shape index (κ2) is 6.74. The molecule has 0 amide bonds. The second-order valence-electron chi connectivity index (χ2n) is 7.60. The smallest absolute Gasteiger partial charge is 0.306 e. The van der Waals surface area contributed by atoms with Crippen molar-refractivity contribution in [3.05, 3.63) is 41.8 Å². The van der Waals surface area contributed by atoms with Crippen LogP contribution in [0.3, 0.4) is 0 Å². The molecule has 4 atom stereocenters. The average Bonchev–Trinajstić information content (AvgIpc) is 3.12. The Morgan fingerprint density at radius 2 is 1.96 bits per heavy atom. The van der Waals surface area contributed by atoms with Gasteiger partial charge in [0.05, 0.1) is 12.1 Å². The molecule has 1 aromatic carbocycles. The molecule has 2 aromatic rings. The third-order valence-corrected chi connectivity index (χ3v) is 6.05. The van der Waals surface area contributed by atoms with Crippen molar-refractivity contribution in [2.45, 2.75) is 44.9 Å². The molecule has 0 bridgehead atoms. The minimum atomic E-state index is -0.200. The molecule has 2 fully saturated rings. The van der Waals surface area contributed by atoms with E-state index in [-0.39, 0.29) is 11.8 Å². The van der Waals surface area contributed by atoms with Crippen LogP contribution in [0.5, 0.6) is 0 Å². The molecule has 2 saturated carbocycles. The van der Waals surface area contributed by atoms with Gasteiger partial charge in [0.25, 0.3) is 0 Å². The van der Waals surface area contributed by atoms with Crippen LogP contribution >= 0.6 is 0 Å². The molecule has 25 heavy (non-hydrogen) atoms. The Morgan fingerprint density at radius 3 is 2.68 bits per heavy atom. The number of aromatic nitrogens is 1. The van der Waals surface area contributed by atoms with Gasteiger partial charge in [0.15, 0.2) is 0 Å². The number of nitrogens with zero attached hydrogens (tertiary/aromatic N) is 1. The van der Waals surface area contributed by atoms with Crippen LogP contribution in [-0.4, -0.2) is 17.6 Å². The predicted octanol–water partition coefficient (Wildman–Crippen LogP) is 4.85. The maximum atomic E-state index is 13.7. The van der Waals surface area contributed by atoms with E-state index in [0.717, 1.165) is 36.6 Å². The summed E-state index contributed by atoms with van der Waals surface area (Å²) in [4.78, 5) is 16.1. The molecule has 1 aromatic heterocycles. The third kappa shape index (κ3) is 3.26. The van der Waals surface area contributed by atoms with Gasteiger partial charge < -0.3 is 4.74 Å². The van der Waals surface area contributed by atoms with Crippen LogP contribution in [0.25, 0.3) is 10.9 Å². The molecule has 0 aliphatic heterocycles. The van der Waals surface area contributed by atoms with E-state index in [2.05, 4.69) is 11.1 Å². The van der Waals surface area contributed by atoms with Crippen molar-refractivity contribution in [2.75, 3.05) is 6.61 Å². The van der Waals surface area contributed by atoms with Crippen LogP contribution in [0.4, 0.5) is 4.39 Å². The fourth-order valence-electron chi connectivity index (χ4n) is 5.11. The second-order valence-corrected chi connectivity index (χ2v) is 7.60. The van der Waals surface area contributed by atoms with Crippen LogP contribution in [0.2, 0.25) is 0 Å². The quantitative estimate of drug-likeness (QED) is 0.747. The van der Waals surface area contributed by atoms with Gasteiger partial charge in [-0.15, -0.1) is 0 Å². The monoisotopic (exact) mass is 341 g/mol. The van der Waals surface area contributed by atoms with Crippen LogP contribution in [-0.2, 0) is 9.53 Å². The van der Waals surface area contributed by atoms with Crippen molar-refractivity contribution in [3.63, 3.8) is 0 Å². The number of hydrogen-bond acceptors (Lipinski definition) is 3. The zero-order valence-electron chi connectivity index (χ0n) is 14.6. The van der Waals surface area contributed by atoms with E-state index in [9.17, 15) is 9.18 Å².